The Balaban J connectivity index is 1.80. The Morgan fingerprint density at radius 1 is 1.12 bits per heavy atom. The van der Waals surface area contributed by atoms with Gasteiger partial charge in [-0.3, -0.25) is 4.79 Å². The van der Waals surface area contributed by atoms with Crippen molar-refractivity contribution in [2.24, 2.45) is 0 Å². The molecular formula is C20H34N4O. The van der Waals surface area contributed by atoms with Gasteiger partial charge in [0.2, 0.25) is 5.91 Å². The molecule has 1 N–H and O–H groups in total. The molecule has 1 aromatic carbocycles. The van der Waals surface area contributed by atoms with E-state index in [0.29, 0.717) is 13.0 Å². The molecule has 0 aromatic heterocycles. The van der Waals surface area contributed by atoms with Crippen LogP contribution in [0.4, 0.5) is 11.4 Å². The van der Waals surface area contributed by atoms with E-state index < -0.39 is 0 Å². The van der Waals surface area contributed by atoms with E-state index in [1.54, 1.807) is 0 Å². The Labute approximate surface area is 153 Å². The predicted molar refractivity (Wildman–Crippen MR) is 107 cm³/mol. The van der Waals surface area contributed by atoms with Gasteiger partial charge in [-0.15, -0.1) is 0 Å². The number of carbonyl (C=O) groups excluding carboxylic acids is 1. The van der Waals surface area contributed by atoms with Gasteiger partial charge in [0.25, 0.3) is 0 Å². The van der Waals surface area contributed by atoms with E-state index in [4.69, 9.17) is 0 Å². The van der Waals surface area contributed by atoms with Crippen molar-refractivity contribution in [2.45, 2.75) is 34.1 Å². The Hall–Kier alpha value is -1.75. The average molecular weight is 347 g/mol. The quantitative estimate of drug-likeness (QED) is 0.786. The molecule has 1 heterocycles. The maximum Gasteiger partial charge on any atom is 0.224 e. The maximum atomic E-state index is 12.4. The van der Waals surface area contributed by atoms with Gasteiger partial charge in [-0.25, -0.2) is 0 Å². The zero-order valence-electron chi connectivity index (χ0n) is 16.3. The van der Waals surface area contributed by atoms with Crippen LogP contribution < -0.4 is 10.2 Å². The van der Waals surface area contributed by atoms with Crippen molar-refractivity contribution in [3.05, 3.63) is 23.8 Å². The van der Waals surface area contributed by atoms with Crippen LogP contribution in [0.15, 0.2) is 18.2 Å². The molecule has 5 heteroatoms. The monoisotopic (exact) mass is 346 g/mol. The molecule has 0 unspecified atom stereocenters. The molecule has 5 nitrogen and oxygen atoms in total. The summed E-state index contributed by atoms with van der Waals surface area (Å²) in [5.41, 5.74) is 3.62. The summed E-state index contributed by atoms with van der Waals surface area (Å²) < 4.78 is 0. The van der Waals surface area contributed by atoms with Crippen LogP contribution in [0.5, 0.6) is 0 Å². The molecule has 140 valence electrons. The zero-order chi connectivity index (χ0) is 18.2. The van der Waals surface area contributed by atoms with Crippen molar-refractivity contribution in [3.8, 4) is 0 Å². The first-order valence-electron chi connectivity index (χ1n) is 9.68. The molecule has 0 spiro atoms. The summed E-state index contributed by atoms with van der Waals surface area (Å²) in [6, 6.07) is 6.52. The summed E-state index contributed by atoms with van der Waals surface area (Å²) in [6.07, 6.45) is 0.559. The number of hydrogen-bond donors (Lipinski definition) is 1. The molecule has 0 radical (unpaired) electrons. The second-order valence-corrected chi connectivity index (χ2v) is 6.66. The van der Waals surface area contributed by atoms with Crippen molar-refractivity contribution in [1.82, 2.24) is 9.80 Å². The van der Waals surface area contributed by atoms with Gasteiger partial charge in [0.1, 0.15) is 0 Å². The number of carbonyl (C=O) groups is 1. The van der Waals surface area contributed by atoms with Crippen LogP contribution >= 0.6 is 0 Å². The molecule has 1 saturated heterocycles. The van der Waals surface area contributed by atoms with E-state index in [0.717, 1.165) is 51.5 Å². The Morgan fingerprint density at radius 3 is 2.36 bits per heavy atom. The first-order chi connectivity index (χ1) is 12.1. The van der Waals surface area contributed by atoms with Gasteiger partial charge in [0.05, 0.1) is 0 Å². The molecule has 0 saturated carbocycles. The van der Waals surface area contributed by atoms with Crippen molar-refractivity contribution < 1.29 is 4.79 Å². The molecule has 2 rings (SSSR count). The van der Waals surface area contributed by atoms with Crippen molar-refractivity contribution >= 4 is 17.3 Å². The van der Waals surface area contributed by atoms with Crippen LogP contribution in [0.3, 0.4) is 0 Å². The zero-order valence-corrected chi connectivity index (χ0v) is 16.3. The number of rotatable bonds is 8. The van der Waals surface area contributed by atoms with E-state index in [-0.39, 0.29) is 5.91 Å². The normalized spacial score (nSPS) is 15.3. The second-order valence-electron chi connectivity index (χ2n) is 6.66. The van der Waals surface area contributed by atoms with Gasteiger partial charge < -0.3 is 20.0 Å². The number of likely N-dealkylation sites (N-methyl/N-ethyl adjacent to an activating group) is 1. The lowest BCUT2D eigenvalue weighted by Crippen LogP contribution is -2.48. The molecule has 1 fully saturated rings. The van der Waals surface area contributed by atoms with E-state index in [2.05, 4.69) is 61.0 Å². The molecule has 0 bridgehead atoms. The first-order valence-corrected chi connectivity index (χ1v) is 9.68. The van der Waals surface area contributed by atoms with Gasteiger partial charge in [0, 0.05) is 63.6 Å². The van der Waals surface area contributed by atoms with Crippen LogP contribution in [-0.2, 0) is 4.79 Å². The highest BCUT2D eigenvalue weighted by Crippen LogP contribution is 2.22. The summed E-state index contributed by atoms with van der Waals surface area (Å²) in [6.45, 7) is 16.2. The smallest absolute Gasteiger partial charge is 0.224 e. The van der Waals surface area contributed by atoms with Gasteiger partial charge in [-0.2, -0.15) is 0 Å². The molecular weight excluding hydrogens is 312 g/mol. The number of nitrogens with zero attached hydrogens (tertiary/aromatic N) is 3. The molecule has 0 atom stereocenters. The largest absolute Gasteiger partial charge is 0.384 e. The highest BCUT2D eigenvalue weighted by Gasteiger charge is 2.19. The van der Waals surface area contributed by atoms with E-state index in [1.807, 2.05) is 4.90 Å². The lowest BCUT2D eigenvalue weighted by Gasteiger charge is -2.34. The summed E-state index contributed by atoms with van der Waals surface area (Å²) in [7, 11) is 0. The fraction of sp³-hybridized carbons (Fsp3) is 0.650. The lowest BCUT2D eigenvalue weighted by molar-refractivity contribution is -0.132. The maximum absolute atomic E-state index is 12.4. The van der Waals surface area contributed by atoms with Gasteiger partial charge in [0.15, 0.2) is 0 Å². The Bertz CT molecular complexity index is 549. The summed E-state index contributed by atoms with van der Waals surface area (Å²) in [5.74, 6) is 0.265. The average Bonchev–Trinajstić information content (AvgIpc) is 2.64. The third-order valence-electron chi connectivity index (χ3n) is 5.17. The number of anilines is 2. The van der Waals surface area contributed by atoms with Crippen LogP contribution in [0.2, 0.25) is 0 Å². The minimum Gasteiger partial charge on any atom is -0.384 e. The topological polar surface area (TPSA) is 38.8 Å². The summed E-state index contributed by atoms with van der Waals surface area (Å²) in [5, 5.41) is 3.43. The standard InChI is InChI=1S/C20H34N4O/c1-5-22-12-14-24(15-13-22)20(25)10-11-21-19-9-8-18(16-17(19)4)23(6-2)7-3/h8-9,16,21H,5-7,10-15H2,1-4H3. The van der Waals surface area contributed by atoms with Crippen LogP contribution in [0.1, 0.15) is 32.8 Å². The number of nitrogens with one attached hydrogen (secondary N) is 1. The molecule has 1 aliphatic rings. The van der Waals surface area contributed by atoms with Gasteiger partial charge in [-0.05, 0) is 51.1 Å². The second kappa shape index (κ2) is 9.66. The van der Waals surface area contributed by atoms with Crippen LogP contribution in [0, 0.1) is 6.92 Å². The molecule has 25 heavy (non-hydrogen) atoms. The number of aryl methyl sites for hydroxylation is 1. The number of hydrogen-bond acceptors (Lipinski definition) is 4. The van der Waals surface area contributed by atoms with E-state index >= 15 is 0 Å². The number of amides is 1. The third-order valence-corrected chi connectivity index (χ3v) is 5.17. The molecule has 1 amide bonds. The summed E-state index contributed by atoms with van der Waals surface area (Å²) >= 11 is 0. The number of piperazine rings is 1. The van der Waals surface area contributed by atoms with Gasteiger partial charge >= 0.3 is 0 Å². The molecule has 1 aromatic rings. The van der Waals surface area contributed by atoms with Crippen LogP contribution in [-0.4, -0.2) is 68.1 Å². The minimum absolute atomic E-state index is 0.265. The van der Waals surface area contributed by atoms with Crippen molar-refractivity contribution in [3.63, 3.8) is 0 Å². The highest BCUT2D eigenvalue weighted by atomic mass is 16.2. The highest BCUT2D eigenvalue weighted by molar-refractivity contribution is 5.77. The number of benzene rings is 1. The molecule has 1 aliphatic heterocycles. The molecule has 0 aliphatic carbocycles. The van der Waals surface area contributed by atoms with Crippen molar-refractivity contribution in [1.29, 1.82) is 0 Å². The van der Waals surface area contributed by atoms with Crippen LogP contribution in [0.25, 0.3) is 0 Å². The van der Waals surface area contributed by atoms with Crippen molar-refractivity contribution in [2.75, 3.05) is 62.6 Å². The summed E-state index contributed by atoms with van der Waals surface area (Å²) in [4.78, 5) is 19.1. The third kappa shape index (κ3) is 5.36. The Morgan fingerprint density at radius 2 is 1.80 bits per heavy atom. The lowest BCUT2D eigenvalue weighted by atomic mass is 10.1. The predicted octanol–water partition coefficient (Wildman–Crippen LogP) is 2.81. The first kappa shape index (κ1) is 19.6. The van der Waals surface area contributed by atoms with E-state index in [9.17, 15) is 4.79 Å². The SMILES string of the molecule is CCN1CCN(C(=O)CCNc2ccc(N(CC)CC)cc2C)CC1. The fourth-order valence-electron chi connectivity index (χ4n) is 3.41. The minimum atomic E-state index is 0.265. The van der Waals surface area contributed by atoms with Gasteiger partial charge in [-0.1, -0.05) is 6.92 Å². The fourth-order valence-corrected chi connectivity index (χ4v) is 3.41. The Kier molecular flexibility index (Phi) is 7.56. The van der Waals surface area contributed by atoms with E-state index in [1.165, 1.54) is 11.3 Å².